The van der Waals surface area contributed by atoms with Crippen molar-refractivity contribution in [2.45, 2.75) is 52.7 Å². The fraction of sp³-hybridized carbons (Fsp3) is 0.625. The van der Waals surface area contributed by atoms with Crippen molar-refractivity contribution in [3.05, 3.63) is 34.3 Å². The second kappa shape index (κ2) is 7.41. The van der Waals surface area contributed by atoms with Gasteiger partial charge in [0.2, 0.25) is 0 Å². The molecule has 0 saturated carbocycles. The third-order valence-corrected chi connectivity index (χ3v) is 3.74. The smallest absolute Gasteiger partial charge is 0.0975 e. The Morgan fingerprint density at radius 1 is 1.21 bits per heavy atom. The molecule has 1 rings (SSSR count). The highest BCUT2D eigenvalue weighted by atomic mass is 79.9. The lowest BCUT2D eigenvalue weighted by Gasteiger charge is -2.26. The minimum Gasteiger partial charge on any atom is -0.372 e. The molecule has 1 aromatic rings. The minimum atomic E-state index is -0.0135. The van der Waals surface area contributed by atoms with Crippen LogP contribution in [0, 0.1) is 5.41 Å². The first-order valence-corrected chi connectivity index (χ1v) is 7.75. The normalized spacial score (nSPS) is 15.3. The number of hydrogen-bond donors (Lipinski definition) is 1. The quantitative estimate of drug-likeness (QED) is 0.823. The van der Waals surface area contributed by atoms with E-state index in [2.05, 4.69) is 55.8 Å². The monoisotopic (exact) mass is 327 g/mol. The van der Waals surface area contributed by atoms with Gasteiger partial charge < -0.3 is 10.5 Å². The van der Waals surface area contributed by atoms with E-state index in [4.69, 9.17) is 10.5 Å². The highest BCUT2D eigenvalue weighted by Gasteiger charge is 2.20. The molecule has 3 heteroatoms. The number of rotatable bonds is 6. The lowest BCUT2D eigenvalue weighted by Crippen LogP contribution is -2.30. The number of benzene rings is 1. The Bertz CT molecular complexity index is 369. The van der Waals surface area contributed by atoms with Gasteiger partial charge in [0.1, 0.15) is 0 Å². The van der Waals surface area contributed by atoms with E-state index in [9.17, 15) is 0 Å². The van der Waals surface area contributed by atoms with Crippen LogP contribution in [0.1, 0.15) is 52.2 Å². The summed E-state index contributed by atoms with van der Waals surface area (Å²) >= 11 is 3.46. The zero-order valence-electron chi connectivity index (χ0n) is 12.4. The molecule has 2 unspecified atom stereocenters. The van der Waals surface area contributed by atoms with Crippen LogP contribution in [0.3, 0.4) is 0 Å². The maximum atomic E-state index is 6.20. The molecule has 2 atom stereocenters. The Balaban J connectivity index is 2.70. The number of hydrogen-bond acceptors (Lipinski definition) is 2. The first-order chi connectivity index (χ1) is 8.83. The van der Waals surface area contributed by atoms with Crippen LogP contribution in [0.15, 0.2) is 28.7 Å². The Kier molecular flexibility index (Phi) is 6.51. The minimum absolute atomic E-state index is 0.0135. The molecule has 2 nitrogen and oxygen atoms in total. The van der Waals surface area contributed by atoms with Gasteiger partial charge in [-0.3, -0.25) is 0 Å². The predicted molar refractivity (Wildman–Crippen MR) is 85.2 cm³/mol. The third kappa shape index (κ3) is 6.07. The van der Waals surface area contributed by atoms with Crippen LogP contribution in [0.4, 0.5) is 0 Å². The van der Waals surface area contributed by atoms with E-state index in [1.807, 2.05) is 12.1 Å². The van der Waals surface area contributed by atoms with Crippen molar-refractivity contribution in [2.24, 2.45) is 11.1 Å². The lowest BCUT2D eigenvalue weighted by molar-refractivity contribution is 0.0199. The van der Waals surface area contributed by atoms with Gasteiger partial charge in [-0.25, -0.2) is 0 Å². The van der Waals surface area contributed by atoms with E-state index in [0.717, 1.165) is 29.5 Å². The second-order valence-electron chi connectivity index (χ2n) is 6.23. The summed E-state index contributed by atoms with van der Waals surface area (Å²) in [7, 11) is 0. The van der Waals surface area contributed by atoms with E-state index in [-0.39, 0.29) is 12.1 Å². The molecule has 0 fully saturated rings. The Morgan fingerprint density at radius 3 is 2.26 bits per heavy atom. The summed E-state index contributed by atoms with van der Waals surface area (Å²) in [4.78, 5) is 0. The summed E-state index contributed by atoms with van der Waals surface area (Å²) in [6.07, 6.45) is 1.94. The molecule has 0 amide bonds. The molecule has 2 N–H and O–H groups in total. The Morgan fingerprint density at radius 2 is 1.79 bits per heavy atom. The van der Waals surface area contributed by atoms with E-state index < -0.39 is 0 Å². The van der Waals surface area contributed by atoms with Crippen molar-refractivity contribution >= 4 is 15.9 Å². The van der Waals surface area contributed by atoms with Crippen molar-refractivity contribution in [3.63, 3.8) is 0 Å². The molecule has 19 heavy (non-hydrogen) atoms. The number of nitrogens with two attached hydrogens (primary N) is 1. The molecule has 0 aliphatic heterocycles. The predicted octanol–water partition coefficient (Wildman–Crippen LogP) is 4.68. The van der Waals surface area contributed by atoms with Crippen LogP contribution in [-0.4, -0.2) is 12.6 Å². The Hall–Kier alpha value is -0.380. The zero-order valence-corrected chi connectivity index (χ0v) is 14.0. The van der Waals surface area contributed by atoms with Crippen LogP contribution < -0.4 is 5.73 Å². The summed E-state index contributed by atoms with van der Waals surface area (Å²) in [5.41, 5.74) is 7.65. The molecule has 0 aromatic heterocycles. The van der Waals surface area contributed by atoms with Gasteiger partial charge in [0.25, 0.3) is 0 Å². The fourth-order valence-electron chi connectivity index (χ4n) is 1.83. The van der Waals surface area contributed by atoms with E-state index in [1.165, 1.54) is 0 Å². The molecule has 0 saturated heterocycles. The van der Waals surface area contributed by atoms with Crippen LogP contribution in [0.2, 0.25) is 0 Å². The van der Waals surface area contributed by atoms with E-state index in [0.29, 0.717) is 5.41 Å². The maximum Gasteiger partial charge on any atom is 0.0975 e. The third-order valence-electron chi connectivity index (χ3n) is 3.21. The van der Waals surface area contributed by atoms with E-state index >= 15 is 0 Å². The topological polar surface area (TPSA) is 35.2 Å². The summed E-state index contributed by atoms with van der Waals surface area (Å²) in [6, 6.07) is 8.29. The Labute approximate surface area is 125 Å². The summed E-state index contributed by atoms with van der Waals surface area (Å²) in [5, 5.41) is 0. The average molecular weight is 328 g/mol. The maximum absolute atomic E-state index is 6.20. The van der Waals surface area contributed by atoms with Gasteiger partial charge in [0.15, 0.2) is 0 Å². The van der Waals surface area contributed by atoms with Crippen molar-refractivity contribution in [1.82, 2.24) is 0 Å². The molecular formula is C16H26BrNO. The largest absolute Gasteiger partial charge is 0.372 e. The summed E-state index contributed by atoms with van der Waals surface area (Å²) in [6.45, 7) is 9.53. The molecule has 108 valence electrons. The summed E-state index contributed by atoms with van der Waals surface area (Å²) < 4.78 is 7.13. The molecule has 0 spiro atoms. The van der Waals surface area contributed by atoms with Gasteiger partial charge in [-0.2, -0.15) is 0 Å². The van der Waals surface area contributed by atoms with Crippen LogP contribution in [0.5, 0.6) is 0 Å². The SMILES string of the molecule is CCC(N)C(OCCC(C)(C)C)c1ccc(Br)cc1. The van der Waals surface area contributed by atoms with Crippen LogP contribution in [0.25, 0.3) is 0 Å². The van der Waals surface area contributed by atoms with Gasteiger partial charge in [0.05, 0.1) is 6.10 Å². The van der Waals surface area contributed by atoms with Crippen molar-refractivity contribution in [1.29, 1.82) is 0 Å². The highest BCUT2D eigenvalue weighted by Crippen LogP contribution is 2.26. The molecule has 1 aromatic carbocycles. The number of halogens is 1. The highest BCUT2D eigenvalue weighted by molar-refractivity contribution is 9.10. The average Bonchev–Trinajstić information content (AvgIpc) is 2.34. The fourth-order valence-corrected chi connectivity index (χ4v) is 2.09. The number of ether oxygens (including phenoxy) is 1. The van der Waals surface area contributed by atoms with Crippen molar-refractivity contribution < 1.29 is 4.74 Å². The van der Waals surface area contributed by atoms with Gasteiger partial charge >= 0.3 is 0 Å². The zero-order chi connectivity index (χ0) is 14.5. The molecule has 0 aliphatic carbocycles. The van der Waals surface area contributed by atoms with Crippen LogP contribution in [-0.2, 0) is 4.74 Å². The van der Waals surface area contributed by atoms with Crippen LogP contribution >= 0.6 is 15.9 Å². The molecular weight excluding hydrogens is 302 g/mol. The molecule has 0 radical (unpaired) electrons. The van der Waals surface area contributed by atoms with E-state index in [1.54, 1.807) is 0 Å². The lowest BCUT2D eigenvalue weighted by atomic mass is 9.93. The molecule has 0 heterocycles. The van der Waals surface area contributed by atoms with Gasteiger partial charge in [-0.05, 0) is 36.0 Å². The first-order valence-electron chi connectivity index (χ1n) is 6.96. The second-order valence-corrected chi connectivity index (χ2v) is 7.14. The molecule has 0 aliphatic rings. The first kappa shape index (κ1) is 16.7. The van der Waals surface area contributed by atoms with Crippen molar-refractivity contribution in [3.8, 4) is 0 Å². The molecule has 0 bridgehead atoms. The standard InChI is InChI=1S/C16H26BrNO/c1-5-14(18)15(19-11-10-16(2,3)4)12-6-8-13(17)9-7-12/h6-9,14-15H,5,10-11,18H2,1-4H3. The van der Waals surface area contributed by atoms with Gasteiger partial charge in [-0.1, -0.05) is 55.8 Å². The van der Waals surface area contributed by atoms with Crippen molar-refractivity contribution in [2.75, 3.05) is 6.61 Å². The van der Waals surface area contributed by atoms with Gasteiger partial charge in [0, 0.05) is 17.1 Å². The van der Waals surface area contributed by atoms with Gasteiger partial charge in [-0.15, -0.1) is 0 Å². The summed E-state index contributed by atoms with van der Waals surface area (Å²) in [5.74, 6) is 0.